The molecular weight excluding hydrogens is 170 g/mol. The average molecular weight is 179 g/mol. The predicted octanol–water partition coefficient (Wildman–Crippen LogP) is 0.788. The number of aromatic nitrogens is 3. The molecule has 2 heterocycles. The van der Waals surface area contributed by atoms with Crippen molar-refractivity contribution in [3.8, 4) is 0 Å². The summed E-state index contributed by atoms with van der Waals surface area (Å²) in [6.45, 7) is 1.77. The number of imidazole rings is 1. The lowest BCUT2D eigenvalue weighted by Gasteiger charge is -2.01. The van der Waals surface area contributed by atoms with Crippen molar-refractivity contribution in [1.29, 1.82) is 0 Å². The Labute approximate surface area is 74.4 Å². The van der Waals surface area contributed by atoms with Gasteiger partial charge in [-0.25, -0.2) is 4.98 Å². The lowest BCUT2D eigenvalue weighted by molar-refractivity contribution is 0.199. The van der Waals surface area contributed by atoms with E-state index in [9.17, 15) is 5.11 Å². The highest BCUT2D eigenvalue weighted by Gasteiger charge is 2.16. The SMILES string of the molecule is Cc1cc([C@@H](O)c2ncc[nH]2)no1. The van der Waals surface area contributed by atoms with Gasteiger partial charge in [-0.2, -0.15) is 0 Å². The molecule has 2 aromatic heterocycles. The maximum Gasteiger partial charge on any atom is 0.157 e. The quantitative estimate of drug-likeness (QED) is 0.714. The van der Waals surface area contributed by atoms with Gasteiger partial charge < -0.3 is 14.6 Å². The van der Waals surface area contributed by atoms with Crippen molar-refractivity contribution in [2.75, 3.05) is 0 Å². The van der Waals surface area contributed by atoms with Crippen molar-refractivity contribution in [3.05, 3.63) is 35.7 Å². The minimum absolute atomic E-state index is 0.465. The molecule has 0 bridgehead atoms. The van der Waals surface area contributed by atoms with Gasteiger partial charge >= 0.3 is 0 Å². The molecule has 0 saturated carbocycles. The van der Waals surface area contributed by atoms with Gasteiger partial charge in [-0.3, -0.25) is 0 Å². The van der Waals surface area contributed by atoms with Crippen molar-refractivity contribution in [2.24, 2.45) is 0 Å². The Morgan fingerprint density at radius 2 is 2.46 bits per heavy atom. The van der Waals surface area contributed by atoms with Crippen LogP contribution in [0.5, 0.6) is 0 Å². The smallest absolute Gasteiger partial charge is 0.157 e. The molecule has 13 heavy (non-hydrogen) atoms. The van der Waals surface area contributed by atoms with Crippen LogP contribution in [0.25, 0.3) is 0 Å². The first kappa shape index (κ1) is 8.00. The van der Waals surface area contributed by atoms with Gasteiger partial charge in [0.25, 0.3) is 0 Å². The Kier molecular flexibility index (Phi) is 1.86. The summed E-state index contributed by atoms with van der Waals surface area (Å²) in [6, 6.07) is 1.67. The van der Waals surface area contributed by atoms with Crippen molar-refractivity contribution >= 4 is 0 Å². The molecule has 0 unspecified atom stereocenters. The zero-order chi connectivity index (χ0) is 9.26. The van der Waals surface area contributed by atoms with Gasteiger partial charge in [0.1, 0.15) is 17.3 Å². The Balaban J connectivity index is 2.28. The number of aryl methyl sites for hydroxylation is 1. The van der Waals surface area contributed by atoms with Crippen LogP contribution in [-0.2, 0) is 0 Å². The first-order valence-electron chi connectivity index (χ1n) is 3.88. The summed E-state index contributed by atoms with van der Waals surface area (Å²) >= 11 is 0. The van der Waals surface area contributed by atoms with E-state index in [1.165, 1.54) is 0 Å². The molecule has 0 spiro atoms. The number of nitrogens with zero attached hydrogens (tertiary/aromatic N) is 2. The average Bonchev–Trinajstić information content (AvgIpc) is 2.72. The lowest BCUT2D eigenvalue weighted by atomic mass is 10.2. The van der Waals surface area contributed by atoms with Gasteiger partial charge in [-0.15, -0.1) is 0 Å². The molecule has 5 nitrogen and oxygen atoms in total. The second-order valence-corrected chi connectivity index (χ2v) is 2.74. The molecule has 0 radical (unpaired) electrons. The predicted molar refractivity (Wildman–Crippen MR) is 43.9 cm³/mol. The van der Waals surface area contributed by atoms with Crippen LogP contribution in [0.3, 0.4) is 0 Å². The van der Waals surface area contributed by atoms with Crippen LogP contribution in [0.15, 0.2) is 23.0 Å². The number of H-pyrrole nitrogens is 1. The van der Waals surface area contributed by atoms with E-state index in [-0.39, 0.29) is 0 Å². The van der Waals surface area contributed by atoms with Gasteiger partial charge in [0, 0.05) is 18.5 Å². The minimum Gasteiger partial charge on any atom is -0.379 e. The maximum atomic E-state index is 9.68. The van der Waals surface area contributed by atoms with E-state index in [1.54, 1.807) is 25.4 Å². The third-order valence-corrected chi connectivity index (χ3v) is 1.70. The lowest BCUT2D eigenvalue weighted by Crippen LogP contribution is -2.01. The molecule has 0 fully saturated rings. The largest absolute Gasteiger partial charge is 0.379 e. The van der Waals surface area contributed by atoms with Crippen LogP contribution < -0.4 is 0 Å². The first-order chi connectivity index (χ1) is 6.27. The second kappa shape index (κ2) is 3.02. The monoisotopic (exact) mass is 179 g/mol. The van der Waals surface area contributed by atoms with Gasteiger partial charge in [0.15, 0.2) is 6.10 Å². The van der Waals surface area contributed by atoms with Crippen LogP contribution in [0, 0.1) is 6.92 Å². The summed E-state index contributed by atoms with van der Waals surface area (Å²) in [5, 5.41) is 13.4. The first-order valence-corrected chi connectivity index (χ1v) is 3.88. The van der Waals surface area contributed by atoms with Gasteiger partial charge in [0.05, 0.1) is 0 Å². The highest BCUT2D eigenvalue weighted by Crippen LogP contribution is 2.17. The van der Waals surface area contributed by atoms with Crippen molar-refractivity contribution in [1.82, 2.24) is 15.1 Å². The van der Waals surface area contributed by atoms with Crippen molar-refractivity contribution in [2.45, 2.75) is 13.0 Å². The molecule has 5 heteroatoms. The molecule has 0 aliphatic rings. The number of hydrogen-bond acceptors (Lipinski definition) is 4. The van der Waals surface area contributed by atoms with Gasteiger partial charge in [-0.05, 0) is 6.92 Å². The third-order valence-electron chi connectivity index (χ3n) is 1.70. The molecule has 2 aromatic rings. The summed E-state index contributed by atoms with van der Waals surface area (Å²) in [5.74, 6) is 1.13. The molecule has 2 rings (SSSR count). The summed E-state index contributed by atoms with van der Waals surface area (Å²) in [7, 11) is 0. The summed E-state index contributed by atoms with van der Waals surface area (Å²) in [5.41, 5.74) is 0.465. The maximum absolute atomic E-state index is 9.68. The number of rotatable bonds is 2. The topological polar surface area (TPSA) is 74.9 Å². The number of aromatic amines is 1. The second-order valence-electron chi connectivity index (χ2n) is 2.74. The number of aliphatic hydroxyl groups excluding tert-OH is 1. The standard InChI is InChI=1S/C8H9N3O2/c1-5-4-6(11-13-5)7(12)8-9-2-3-10-8/h2-4,7,12H,1H3,(H,9,10)/t7-/m1/s1. The molecule has 0 aliphatic carbocycles. The minimum atomic E-state index is -0.840. The highest BCUT2D eigenvalue weighted by molar-refractivity contribution is 5.14. The van der Waals surface area contributed by atoms with Crippen LogP contribution in [0.2, 0.25) is 0 Å². The zero-order valence-corrected chi connectivity index (χ0v) is 7.06. The van der Waals surface area contributed by atoms with E-state index in [4.69, 9.17) is 4.52 Å². The van der Waals surface area contributed by atoms with E-state index in [1.807, 2.05) is 0 Å². The number of nitrogens with one attached hydrogen (secondary N) is 1. The molecule has 1 atom stereocenters. The summed E-state index contributed by atoms with van der Waals surface area (Å²) in [4.78, 5) is 6.72. The Morgan fingerprint density at radius 1 is 1.62 bits per heavy atom. The number of aliphatic hydroxyl groups is 1. The molecule has 68 valence electrons. The fourth-order valence-electron chi connectivity index (χ4n) is 1.08. The highest BCUT2D eigenvalue weighted by atomic mass is 16.5. The van der Waals surface area contributed by atoms with E-state index in [2.05, 4.69) is 15.1 Å². The van der Waals surface area contributed by atoms with E-state index in [0.717, 1.165) is 0 Å². The molecule has 0 amide bonds. The Morgan fingerprint density at radius 3 is 3.00 bits per heavy atom. The van der Waals surface area contributed by atoms with Gasteiger partial charge in [0.2, 0.25) is 0 Å². The fraction of sp³-hybridized carbons (Fsp3) is 0.250. The molecule has 2 N–H and O–H groups in total. The molecule has 0 aromatic carbocycles. The van der Waals surface area contributed by atoms with E-state index < -0.39 is 6.10 Å². The van der Waals surface area contributed by atoms with Crippen LogP contribution >= 0.6 is 0 Å². The van der Waals surface area contributed by atoms with Crippen LogP contribution in [-0.4, -0.2) is 20.2 Å². The van der Waals surface area contributed by atoms with E-state index >= 15 is 0 Å². The molecular formula is C8H9N3O2. The summed E-state index contributed by atoms with van der Waals surface area (Å²) < 4.78 is 4.83. The summed E-state index contributed by atoms with van der Waals surface area (Å²) in [6.07, 6.45) is 2.38. The zero-order valence-electron chi connectivity index (χ0n) is 7.06. The van der Waals surface area contributed by atoms with Crippen molar-refractivity contribution in [3.63, 3.8) is 0 Å². The van der Waals surface area contributed by atoms with Crippen LogP contribution in [0.1, 0.15) is 23.4 Å². The Bertz CT molecular complexity index is 380. The Hall–Kier alpha value is -1.62. The van der Waals surface area contributed by atoms with Crippen LogP contribution in [0.4, 0.5) is 0 Å². The molecule has 0 aliphatic heterocycles. The van der Waals surface area contributed by atoms with E-state index in [0.29, 0.717) is 17.3 Å². The molecule has 0 saturated heterocycles. The van der Waals surface area contributed by atoms with Gasteiger partial charge in [-0.1, -0.05) is 5.16 Å². The normalized spacial score (nSPS) is 13.1. The third kappa shape index (κ3) is 1.46. The fourth-order valence-corrected chi connectivity index (χ4v) is 1.08. The van der Waals surface area contributed by atoms with Crippen molar-refractivity contribution < 1.29 is 9.63 Å². The number of hydrogen-bond donors (Lipinski definition) is 2.